The molecule has 12 unspecified atom stereocenters. The van der Waals surface area contributed by atoms with Crippen LogP contribution in [0.25, 0.3) is 67.5 Å². The molecule has 0 bridgehead atoms. The summed E-state index contributed by atoms with van der Waals surface area (Å²) in [6, 6.07) is 24.7. The van der Waals surface area contributed by atoms with E-state index in [1.54, 1.807) is 0 Å². The summed E-state index contributed by atoms with van der Waals surface area (Å²) < 4.78 is 12.8. The summed E-state index contributed by atoms with van der Waals surface area (Å²) >= 11 is 0. The van der Waals surface area contributed by atoms with Crippen molar-refractivity contribution < 1.29 is 51.1 Å². The van der Waals surface area contributed by atoms with Crippen molar-refractivity contribution in [3.8, 4) is 67.5 Å². The predicted octanol–water partition coefficient (Wildman–Crippen LogP) is 15.0. The highest BCUT2D eigenvalue weighted by molar-refractivity contribution is 5.71. The maximum absolute atomic E-state index is 10.7. The fraction of sp³-hybridized carbons (Fsp3) is 0.529. The SMILES string of the molecule is OC(CC1c2ncccc2-c2cncn21)C1CCCCC1.OC(CC1c2ncccc2-c2cncn21)C1CCCCC1.OC1CCC(C(O)CC2c3ncccc3-c3cncn32)CC1.OC1CCC(C(O)CC2c3ncccc3-c3cncn32)CC1.OC1CCC(C(O)CC2c3ncccc3-c3cncn32)CC1.OC1CCC(C(O)CC2c3ncccc3-c3cncn32)CC1. The molecule has 28 heteroatoms. The van der Waals surface area contributed by atoms with Gasteiger partial charge in [-0.25, -0.2) is 29.9 Å². The van der Waals surface area contributed by atoms with E-state index in [-0.39, 0.29) is 121 Å². The lowest BCUT2D eigenvalue weighted by Gasteiger charge is -2.30. The van der Waals surface area contributed by atoms with Crippen molar-refractivity contribution in [2.24, 2.45) is 35.5 Å². The van der Waals surface area contributed by atoms with Crippen LogP contribution in [0.15, 0.2) is 185 Å². The van der Waals surface area contributed by atoms with E-state index in [1.807, 2.05) is 149 Å². The van der Waals surface area contributed by atoms with Crippen molar-refractivity contribution in [3.05, 3.63) is 219 Å². The van der Waals surface area contributed by atoms with E-state index in [4.69, 9.17) is 0 Å². The van der Waals surface area contributed by atoms with Crippen LogP contribution in [0.5, 0.6) is 0 Å². The Morgan fingerprint density at radius 2 is 0.385 bits per heavy atom. The number of aliphatic hydroxyl groups is 10. The van der Waals surface area contributed by atoms with Crippen molar-refractivity contribution in [3.63, 3.8) is 0 Å². The van der Waals surface area contributed by atoms with E-state index in [9.17, 15) is 51.1 Å². The van der Waals surface area contributed by atoms with Crippen LogP contribution in [0.1, 0.15) is 276 Å². The molecule has 24 rings (SSSR count). The summed E-state index contributed by atoms with van der Waals surface area (Å²) in [6.07, 6.45) is 60.8. The first kappa shape index (κ1) is 89.0. The fourth-order valence-corrected chi connectivity index (χ4v) is 23.6. The quantitative estimate of drug-likeness (QED) is 0.0381. The van der Waals surface area contributed by atoms with Gasteiger partial charge in [0.25, 0.3) is 0 Å². The second-order valence-electron chi connectivity index (χ2n) is 38.7. The first-order valence-corrected chi connectivity index (χ1v) is 48.3. The zero-order chi connectivity index (χ0) is 88.9. The van der Waals surface area contributed by atoms with Crippen molar-refractivity contribution in [1.82, 2.24) is 87.2 Å². The molecule has 130 heavy (non-hydrogen) atoms. The average Bonchev–Trinajstić information content (AvgIpc) is 1.64. The fourth-order valence-electron chi connectivity index (χ4n) is 23.6. The minimum absolute atomic E-state index is 0.0653. The van der Waals surface area contributed by atoms with E-state index < -0.39 is 0 Å². The van der Waals surface area contributed by atoms with Crippen LogP contribution in [0.4, 0.5) is 0 Å². The molecule has 6 fully saturated rings. The molecule has 0 aromatic carbocycles. The molecule has 12 atom stereocenters. The van der Waals surface area contributed by atoms with Gasteiger partial charge in [-0.3, -0.25) is 29.9 Å². The van der Waals surface area contributed by atoms with Gasteiger partial charge in [-0.05, 0) is 237 Å². The van der Waals surface area contributed by atoms with E-state index in [0.717, 1.165) is 217 Å². The second-order valence-corrected chi connectivity index (χ2v) is 38.7. The largest absolute Gasteiger partial charge is 0.393 e. The zero-order valence-corrected chi connectivity index (χ0v) is 74.2. The third-order valence-electron chi connectivity index (χ3n) is 30.9. The van der Waals surface area contributed by atoms with Gasteiger partial charge in [0.1, 0.15) is 0 Å². The smallest absolute Gasteiger partial charge is 0.0957 e. The average molecular weight is 1760 g/mol. The van der Waals surface area contributed by atoms with Gasteiger partial charge >= 0.3 is 0 Å². The number of nitrogens with zero attached hydrogens (tertiary/aromatic N) is 18. The van der Waals surface area contributed by atoms with Crippen LogP contribution in [0.2, 0.25) is 0 Å². The molecule has 0 spiro atoms. The molecular weight excluding hydrogens is 1640 g/mol. The van der Waals surface area contributed by atoms with E-state index >= 15 is 0 Å². The lowest BCUT2D eigenvalue weighted by molar-refractivity contribution is 0.0323. The van der Waals surface area contributed by atoms with Crippen LogP contribution in [-0.2, 0) is 0 Å². The highest BCUT2D eigenvalue weighted by atomic mass is 16.3. The molecule has 0 saturated heterocycles. The van der Waals surface area contributed by atoms with Crippen LogP contribution in [0, 0.1) is 35.5 Å². The molecule has 12 aromatic heterocycles. The number of fused-ring (bicyclic) bond motifs is 18. The molecule has 684 valence electrons. The molecule has 12 aliphatic rings. The van der Waals surface area contributed by atoms with Crippen LogP contribution < -0.4 is 0 Å². The topological polar surface area (TPSA) is 387 Å². The molecule has 6 aliphatic carbocycles. The zero-order valence-electron chi connectivity index (χ0n) is 74.2. The third-order valence-corrected chi connectivity index (χ3v) is 30.9. The number of aliphatic hydroxyl groups excluding tert-OH is 10. The van der Waals surface area contributed by atoms with E-state index in [2.05, 4.69) is 124 Å². The summed E-state index contributed by atoms with van der Waals surface area (Å²) in [7, 11) is 0. The molecule has 12 aromatic rings. The van der Waals surface area contributed by atoms with Crippen molar-refractivity contribution in [2.75, 3.05) is 0 Å². The van der Waals surface area contributed by atoms with Gasteiger partial charge < -0.3 is 78.5 Å². The monoisotopic (exact) mass is 1760 g/mol. The van der Waals surface area contributed by atoms with Gasteiger partial charge in [-0.2, -0.15) is 0 Å². The van der Waals surface area contributed by atoms with Crippen molar-refractivity contribution >= 4 is 0 Å². The molecule has 18 heterocycles. The maximum Gasteiger partial charge on any atom is 0.0957 e. The minimum atomic E-state index is -0.360. The minimum Gasteiger partial charge on any atom is -0.393 e. The summed E-state index contributed by atoms with van der Waals surface area (Å²) in [5, 5.41) is 102. The molecule has 6 aliphatic heterocycles. The van der Waals surface area contributed by atoms with E-state index in [0.29, 0.717) is 37.5 Å². The lowest BCUT2D eigenvalue weighted by atomic mass is 9.81. The Labute approximate surface area is 759 Å². The van der Waals surface area contributed by atoms with Crippen LogP contribution in [-0.4, -0.2) is 199 Å². The standard InChI is InChI=1S/4C17H21N3O2.2C17H21N3O/c4*21-12-5-3-11(4-6-12)16(22)8-14-17-13(2-1-7-19-17)15-9-18-10-20(14)15;2*21-16(12-5-2-1-3-6-12)9-14-17-13(7-4-8-19-17)15-10-18-11-20(14)15/h4*1-2,7,9-12,14,16,21-22H,3-6,8H2;2*4,7-8,10-12,14,16,21H,1-3,5-6,9H2. The Morgan fingerprint density at radius 1 is 0.223 bits per heavy atom. The van der Waals surface area contributed by atoms with Gasteiger partial charge in [0.2, 0.25) is 0 Å². The van der Waals surface area contributed by atoms with Gasteiger partial charge in [0, 0.05) is 109 Å². The Kier molecular flexibility index (Phi) is 27.7. The van der Waals surface area contributed by atoms with Gasteiger partial charge in [-0.1, -0.05) is 38.5 Å². The summed E-state index contributed by atoms with van der Waals surface area (Å²) in [4.78, 5) is 52.8. The highest BCUT2D eigenvalue weighted by Crippen LogP contribution is 2.50. The Bertz CT molecular complexity index is 5110. The normalized spacial score (nSPS) is 26.4. The van der Waals surface area contributed by atoms with Gasteiger partial charge in [0.15, 0.2) is 0 Å². The summed E-state index contributed by atoms with van der Waals surface area (Å²) in [5.41, 5.74) is 19.7. The highest BCUT2D eigenvalue weighted by Gasteiger charge is 2.42. The molecule has 0 radical (unpaired) electrons. The number of hydrogen-bond donors (Lipinski definition) is 10. The number of pyridine rings is 6. The lowest BCUT2D eigenvalue weighted by Crippen LogP contribution is -2.29. The predicted molar refractivity (Wildman–Crippen MR) is 490 cm³/mol. The van der Waals surface area contributed by atoms with Crippen LogP contribution in [0.3, 0.4) is 0 Å². The van der Waals surface area contributed by atoms with Gasteiger partial charge in [0.05, 0.1) is 241 Å². The van der Waals surface area contributed by atoms with Crippen LogP contribution >= 0.6 is 0 Å². The number of aromatic nitrogens is 18. The van der Waals surface area contributed by atoms with Gasteiger partial charge in [-0.15, -0.1) is 0 Å². The Morgan fingerprint density at radius 3 is 0.554 bits per heavy atom. The number of rotatable bonds is 18. The van der Waals surface area contributed by atoms with E-state index in [1.165, 1.54) is 64.2 Å². The first-order chi connectivity index (χ1) is 63.6. The molecular formula is C102H126N18O10. The number of hydrogen-bond acceptors (Lipinski definition) is 22. The number of imidazole rings is 6. The third kappa shape index (κ3) is 18.9. The molecule has 28 nitrogen and oxygen atoms in total. The first-order valence-electron chi connectivity index (χ1n) is 48.3. The molecule has 6 saturated carbocycles. The second kappa shape index (κ2) is 40.5. The molecule has 10 N–H and O–H groups in total. The summed E-state index contributed by atoms with van der Waals surface area (Å²) in [6.45, 7) is 0. The maximum atomic E-state index is 10.7. The van der Waals surface area contributed by atoms with Crippen molar-refractivity contribution in [1.29, 1.82) is 0 Å². The summed E-state index contributed by atoms with van der Waals surface area (Å²) in [5.74, 6) is 2.04. The van der Waals surface area contributed by atoms with Crippen molar-refractivity contribution in [2.45, 2.75) is 303 Å². The Balaban J connectivity index is 0.000000101. The Hall–Kier alpha value is -10.2. The molecule has 0 amide bonds.